The molecule has 1 aromatic carbocycles. The van der Waals surface area contributed by atoms with E-state index in [2.05, 4.69) is 15.2 Å². The first-order chi connectivity index (χ1) is 10.8. The van der Waals surface area contributed by atoms with E-state index in [4.69, 9.17) is 0 Å². The maximum atomic E-state index is 12.4. The van der Waals surface area contributed by atoms with Crippen LogP contribution in [-0.4, -0.2) is 28.8 Å². The summed E-state index contributed by atoms with van der Waals surface area (Å²) in [5, 5.41) is 5.75. The number of hydrogen-bond donors (Lipinski definition) is 1. The second-order valence-electron chi connectivity index (χ2n) is 4.52. The lowest BCUT2D eigenvalue weighted by Gasteiger charge is -2.07. The van der Waals surface area contributed by atoms with Gasteiger partial charge in [0.15, 0.2) is 5.69 Å². The molecule has 2 aromatic rings. The van der Waals surface area contributed by atoms with Crippen LogP contribution in [0.25, 0.3) is 0 Å². The van der Waals surface area contributed by atoms with Gasteiger partial charge in [-0.3, -0.25) is 9.48 Å². The number of ether oxygens (including phenoxy) is 1. The van der Waals surface area contributed by atoms with Gasteiger partial charge in [0, 0.05) is 11.9 Å². The third-order valence-electron chi connectivity index (χ3n) is 2.80. The Morgan fingerprint density at radius 3 is 2.65 bits per heavy atom. The molecule has 9 heteroatoms. The van der Waals surface area contributed by atoms with Crippen molar-refractivity contribution >= 4 is 17.6 Å². The predicted molar refractivity (Wildman–Crippen MR) is 73.6 cm³/mol. The van der Waals surface area contributed by atoms with Gasteiger partial charge in [-0.2, -0.15) is 18.3 Å². The minimum Gasteiger partial charge on any atom is -0.465 e. The van der Waals surface area contributed by atoms with Crippen molar-refractivity contribution in [3.8, 4) is 0 Å². The predicted octanol–water partition coefficient (Wildman–Crippen LogP) is 2.33. The van der Waals surface area contributed by atoms with E-state index in [-0.39, 0.29) is 5.56 Å². The maximum Gasteiger partial charge on any atom is 0.435 e. The van der Waals surface area contributed by atoms with Crippen molar-refractivity contribution in [1.82, 2.24) is 9.78 Å². The highest BCUT2D eigenvalue weighted by atomic mass is 19.4. The van der Waals surface area contributed by atoms with Crippen molar-refractivity contribution in [2.45, 2.75) is 12.7 Å². The Morgan fingerprint density at radius 2 is 2.04 bits per heavy atom. The maximum absolute atomic E-state index is 12.4. The molecule has 0 bridgehead atoms. The zero-order valence-electron chi connectivity index (χ0n) is 11.9. The second-order valence-corrected chi connectivity index (χ2v) is 4.52. The Hall–Kier alpha value is -2.84. The summed E-state index contributed by atoms with van der Waals surface area (Å²) < 4.78 is 42.7. The third-order valence-corrected chi connectivity index (χ3v) is 2.80. The van der Waals surface area contributed by atoms with E-state index in [1.165, 1.54) is 31.4 Å². The molecule has 0 atom stereocenters. The summed E-state index contributed by atoms with van der Waals surface area (Å²) in [7, 11) is 1.23. The van der Waals surface area contributed by atoms with Crippen LogP contribution in [0.15, 0.2) is 36.5 Å². The van der Waals surface area contributed by atoms with Gasteiger partial charge in [0.25, 0.3) is 0 Å². The number of aromatic nitrogens is 2. The molecule has 0 spiro atoms. The fraction of sp³-hybridized carbons (Fsp3) is 0.214. The number of rotatable bonds is 4. The molecule has 1 heterocycles. The Labute approximate surface area is 128 Å². The highest BCUT2D eigenvalue weighted by molar-refractivity contribution is 5.94. The topological polar surface area (TPSA) is 73.2 Å². The Kier molecular flexibility index (Phi) is 4.68. The smallest absolute Gasteiger partial charge is 0.435 e. The van der Waals surface area contributed by atoms with E-state index in [0.29, 0.717) is 5.69 Å². The standard InChI is InChI=1S/C14H12F3N3O3/c1-23-13(22)9-3-2-4-10(7-9)18-12(21)8-20-6-5-11(19-20)14(15,16)17/h2-7H,8H2,1H3,(H,18,21). The highest BCUT2D eigenvalue weighted by Crippen LogP contribution is 2.27. The van der Waals surface area contributed by atoms with E-state index >= 15 is 0 Å². The van der Waals surface area contributed by atoms with Crippen LogP contribution in [0.4, 0.5) is 18.9 Å². The minimum absolute atomic E-state index is 0.240. The summed E-state index contributed by atoms with van der Waals surface area (Å²) in [6.07, 6.45) is -3.50. The molecule has 1 N–H and O–H groups in total. The van der Waals surface area contributed by atoms with Gasteiger partial charge in [-0.15, -0.1) is 0 Å². The number of alkyl halides is 3. The summed E-state index contributed by atoms with van der Waals surface area (Å²) in [6, 6.07) is 6.76. The number of carbonyl (C=O) groups is 2. The van der Waals surface area contributed by atoms with Gasteiger partial charge in [-0.1, -0.05) is 6.07 Å². The van der Waals surface area contributed by atoms with Crippen LogP contribution in [0.3, 0.4) is 0 Å². The van der Waals surface area contributed by atoms with Gasteiger partial charge >= 0.3 is 12.1 Å². The number of amides is 1. The first kappa shape index (κ1) is 16.5. The Morgan fingerprint density at radius 1 is 1.30 bits per heavy atom. The summed E-state index contributed by atoms with van der Waals surface area (Å²) in [6.45, 7) is -0.390. The number of halogens is 3. The third kappa shape index (κ3) is 4.31. The fourth-order valence-electron chi connectivity index (χ4n) is 1.79. The van der Waals surface area contributed by atoms with E-state index < -0.39 is 30.3 Å². The normalized spacial score (nSPS) is 11.1. The van der Waals surface area contributed by atoms with Crippen molar-refractivity contribution in [3.63, 3.8) is 0 Å². The molecule has 0 aliphatic carbocycles. The van der Waals surface area contributed by atoms with Crippen molar-refractivity contribution in [1.29, 1.82) is 0 Å². The van der Waals surface area contributed by atoms with Crippen LogP contribution < -0.4 is 5.32 Å². The lowest BCUT2D eigenvalue weighted by atomic mass is 10.2. The van der Waals surface area contributed by atoms with Crippen LogP contribution >= 0.6 is 0 Å². The molecule has 6 nitrogen and oxygen atoms in total. The average Bonchev–Trinajstić information content (AvgIpc) is 2.95. The van der Waals surface area contributed by atoms with Crippen LogP contribution in [-0.2, 0) is 22.3 Å². The van der Waals surface area contributed by atoms with E-state index in [9.17, 15) is 22.8 Å². The Balaban J connectivity index is 2.02. The van der Waals surface area contributed by atoms with Crippen LogP contribution in [0.2, 0.25) is 0 Å². The van der Waals surface area contributed by atoms with E-state index in [1.54, 1.807) is 0 Å². The van der Waals surface area contributed by atoms with Gasteiger partial charge in [-0.25, -0.2) is 4.79 Å². The van der Waals surface area contributed by atoms with E-state index in [1.807, 2.05) is 0 Å². The first-order valence-electron chi connectivity index (χ1n) is 6.38. The van der Waals surface area contributed by atoms with Crippen molar-refractivity contribution in [2.24, 2.45) is 0 Å². The molecular weight excluding hydrogens is 315 g/mol. The molecule has 23 heavy (non-hydrogen) atoms. The molecule has 0 unspecified atom stereocenters. The number of nitrogens with zero attached hydrogens (tertiary/aromatic N) is 2. The monoisotopic (exact) mass is 327 g/mol. The lowest BCUT2D eigenvalue weighted by molar-refractivity contribution is -0.141. The van der Waals surface area contributed by atoms with Gasteiger partial charge in [0.2, 0.25) is 5.91 Å². The number of nitrogens with one attached hydrogen (secondary N) is 1. The molecule has 1 aromatic heterocycles. The summed E-state index contributed by atoms with van der Waals surface area (Å²) >= 11 is 0. The number of benzene rings is 1. The molecule has 122 valence electrons. The van der Waals surface area contributed by atoms with Crippen LogP contribution in [0, 0.1) is 0 Å². The first-order valence-corrected chi connectivity index (χ1v) is 6.38. The molecule has 2 rings (SSSR count). The van der Waals surface area contributed by atoms with Gasteiger partial charge in [0.1, 0.15) is 6.54 Å². The zero-order chi connectivity index (χ0) is 17.0. The number of methoxy groups -OCH3 is 1. The molecule has 0 saturated carbocycles. The molecule has 0 saturated heterocycles. The molecule has 0 fully saturated rings. The quantitative estimate of drug-likeness (QED) is 0.875. The minimum atomic E-state index is -4.56. The lowest BCUT2D eigenvalue weighted by Crippen LogP contribution is -2.20. The van der Waals surface area contributed by atoms with Crippen molar-refractivity contribution < 1.29 is 27.5 Å². The summed E-state index contributed by atoms with van der Waals surface area (Å²) in [5.41, 5.74) is -0.511. The molecule has 0 aliphatic heterocycles. The van der Waals surface area contributed by atoms with Gasteiger partial charge < -0.3 is 10.1 Å². The van der Waals surface area contributed by atoms with Crippen LogP contribution in [0.5, 0.6) is 0 Å². The van der Waals surface area contributed by atoms with Crippen molar-refractivity contribution in [2.75, 3.05) is 12.4 Å². The van der Waals surface area contributed by atoms with E-state index in [0.717, 1.165) is 16.9 Å². The zero-order valence-corrected chi connectivity index (χ0v) is 11.9. The van der Waals surface area contributed by atoms with Gasteiger partial charge in [0.05, 0.1) is 12.7 Å². The highest BCUT2D eigenvalue weighted by Gasteiger charge is 2.33. The largest absolute Gasteiger partial charge is 0.465 e. The summed E-state index contributed by atoms with van der Waals surface area (Å²) in [5.74, 6) is -1.15. The number of hydrogen-bond acceptors (Lipinski definition) is 4. The Bertz CT molecular complexity index is 725. The second kappa shape index (κ2) is 6.51. The number of carbonyl (C=O) groups excluding carboxylic acids is 2. The number of esters is 1. The average molecular weight is 327 g/mol. The number of anilines is 1. The van der Waals surface area contributed by atoms with Crippen LogP contribution in [0.1, 0.15) is 16.1 Å². The van der Waals surface area contributed by atoms with Crippen molar-refractivity contribution in [3.05, 3.63) is 47.8 Å². The summed E-state index contributed by atoms with van der Waals surface area (Å²) in [4.78, 5) is 23.2. The molecule has 0 aliphatic rings. The molecule has 1 amide bonds. The molecule has 0 radical (unpaired) electrons. The SMILES string of the molecule is COC(=O)c1cccc(NC(=O)Cn2ccc(C(F)(F)F)n2)c1. The van der Waals surface area contributed by atoms with Gasteiger partial charge in [-0.05, 0) is 24.3 Å². The fourth-order valence-corrected chi connectivity index (χ4v) is 1.79. The molecular formula is C14H12F3N3O3.